The van der Waals surface area contributed by atoms with Crippen molar-refractivity contribution in [3.05, 3.63) is 72.3 Å². The zero-order valence-corrected chi connectivity index (χ0v) is 20.7. The van der Waals surface area contributed by atoms with E-state index in [0.29, 0.717) is 19.4 Å². The lowest BCUT2D eigenvalue weighted by atomic mass is 9.93. The summed E-state index contributed by atoms with van der Waals surface area (Å²) in [5, 5.41) is 11.0. The first-order valence-corrected chi connectivity index (χ1v) is 13.2. The van der Waals surface area contributed by atoms with Gasteiger partial charge in [0.25, 0.3) is 0 Å². The number of benzene rings is 2. The van der Waals surface area contributed by atoms with Gasteiger partial charge in [0.2, 0.25) is 5.91 Å². The van der Waals surface area contributed by atoms with E-state index in [1.807, 2.05) is 6.07 Å². The van der Waals surface area contributed by atoms with E-state index in [1.54, 1.807) is 0 Å². The number of hydrogen-bond donors (Lipinski definition) is 2. The molecule has 5 nitrogen and oxygen atoms in total. The normalized spacial score (nSPS) is 25.3. The average molecular weight is 477 g/mol. The van der Waals surface area contributed by atoms with Crippen LogP contribution in [-0.2, 0) is 16.1 Å². The smallest absolute Gasteiger partial charge is 0.217 e. The molecule has 2 aliphatic rings. The molecule has 35 heavy (non-hydrogen) atoms. The van der Waals surface area contributed by atoms with Crippen molar-refractivity contribution in [2.24, 2.45) is 11.7 Å². The zero-order chi connectivity index (χ0) is 24.5. The second kappa shape index (κ2) is 13.0. The maximum atomic E-state index is 11.0. The zero-order valence-electron chi connectivity index (χ0n) is 20.7. The predicted molar refractivity (Wildman–Crippen MR) is 141 cm³/mol. The van der Waals surface area contributed by atoms with Gasteiger partial charge in [-0.15, -0.1) is 0 Å². The number of carbonyl (C=O) groups excluding carboxylic acids is 1. The van der Waals surface area contributed by atoms with Gasteiger partial charge >= 0.3 is 0 Å². The number of unbranched alkanes of at least 4 members (excludes halogenated alkanes) is 1. The van der Waals surface area contributed by atoms with Gasteiger partial charge in [-0.25, -0.2) is 0 Å². The van der Waals surface area contributed by atoms with E-state index in [4.69, 9.17) is 10.5 Å². The number of rotatable bonds is 11. The fourth-order valence-corrected chi connectivity index (χ4v) is 5.66. The van der Waals surface area contributed by atoms with Crippen LogP contribution < -0.4 is 5.73 Å². The summed E-state index contributed by atoms with van der Waals surface area (Å²) in [7, 11) is 0. The first-order valence-electron chi connectivity index (χ1n) is 13.2. The van der Waals surface area contributed by atoms with E-state index in [0.717, 1.165) is 37.9 Å². The Morgan fingerprint density at radius 1 is 1.00 bits per heavy atom. The van der Waals surface area contributed by atoms with Crippen LogP contribution in [0.3, 0.4) is 0 Å². The fraction of sp³-hybridized carbons (Fsp3) is 0.500. The average Bonchev–Trinajstić information content (AvgIpc) is 3.20. The van der Waals surface area contributed by atoms with Gasteiger partial charge in [-0.1, -0.05) is 73.2 Å². The second-order valence-corrected chi connectivity index (χ2v) is 10.0. The molecule has 2 fully saturated rings. The van der Waals surface area contributed by atoms with Crippen molar-refractivity contribution < 1.29 is 14.6 Å². The highest BCUT2D eigenvalue weighted by Gasteiger charge is 2.45. The summed E-state index contributed by atoms with van der Waals surface area (Å²) in [4.78, 5) is 13.5. The van der Waals surface area contributed by atoms with Gasteiger partial charge in [0.15, 0.2) is 0 Å². The summed E-state index contributed by atoms with van der Waals surface area (Å²) in [5.74, 6) is 0.0202. The highest BCUT2D eigenvalue weighted by molar-refractivity contribution is 5.73. The summed E-state index contributed by atoms with van der Waals surface area (Å²) in [5.41, 5.74) is 8.82. The van der Waals surface area contributed by atoms with Crippen molar-refractivity contribution in [2.45, 2.75) is 76.2 Å². The van der Waals surface area contributed by atoms with E-state index >= 15 is 0 Å². The van der Waals surface area contributed by atoms with Crippen LogP contribution in [0.15, 0.2) is 66.7 Å². The fourth-order valence-electron chi connectivity index (χ4n) is 5.66. The quantitative estimate of drug-likeness (QED) is 0.350. The van der Waals surface area contributed by atoms with Crippen molar-refractivity contribution in [1.82, 2.24) is 4.90 Å². The Morgan fingerprint density at radius 3 is 2.43 bits per heavy atom. The molecular weight excluding hydrogens is 436 g/mol. The molecule has 5 heteroatoms. The summed E-state index contributed by atoms with van der Waals surface area (Å²) in [6, 6.07) is 19.1. The van der Waals surface area contributed by atoms with Crippen LogP contribution >= 0.6 is 0 Å². The SMILES string of the molecule is NC(=O)CCCC=CC[C@@H]1[C@@H](N2CCCCC2)[C@H](O)C[C@@H]1OCc1ccc(-c2ccccc2)cc1. The Morgan fingerprint density at radius 2 is 1.71 bits per heavy atom. The molecule has 0 unspecified atom stereocenters. The second-order valence-electron chi connectivity index (χ2n) is 10.0. The summed E-state index contributed by atoms with van der Waals surface area (Å²) in [6.07, 6.45) is 11.4. The standard InChI is InChI=1S/C30H40N2O3/c31-29(34)14-8-2-1-7-13-26-28(21-27(33)30(26)32-19-9-4-10-20-32)35-22-23-15-17-25(18-16-23)24-11-5-3-6-12-24/h1,3,5-7,11-12,15-18,26-28,30,33H,2,4,8-10,13-14,19-22H2,(H2,31,34)/t26-,27+,28-,30+/m0/s1. The Hall–Kier alpha value is -2.47. The number of hydrogen-bond acceptors (Lipinski definition) is 4. The molecule has 0 bridgehead atoms. The largest absolute Gasteiger partial charge is 0.391 e. The van der Waals surface area contributed by atoms with Crippen LogP contribution in [0.2, 0.25) is 0 Å². The Kier molecular flexibility index (Phi) is 9.52. The van der Waals surface area contributed by atoms with Crippen LogP contribution in [-0.4, -0.2) is 47.3 Å². The molecule has 1 saturated carbocycles. The third-order valence-electron chi connectivity index (χ3n) is 7.49. The number of aliphatic hydroxyl groups excluding tert-OH is 1. The molecule has 1 aliphatic heterocycles. The topological polar surface area (TPSA) is 75.8 Å². The van der Waals surface area contributed by atoms with Crippen LogP contribution in [0.1, 0.15) is 56.9 Å². The van der Waals surface area contributed by atoms with Gasteiger partial charge in [0, 0.05) is 24.8 Å². The third-order valence-corrected chi connectivity index (χ3v) is 7.49. The molecule has 0 aromatic heterocycles. The van der Waals surface area contributed by atoms with E-state index in [1.165, 1.54) is 30.4 Å². The van der Waals surface area contributed by atoms with Crippen LogP contribution in [0, 0.1) is 5.92 Å². The summed E-state index contributed by atoms with van der Waals surface area (Å²) in [6.45, 7) is 2.68. The summed E-state index contributed by atoms with van der Waals surface area (Å²) < 4.78 is 6.47. The van der Waals surface area contributed by atoms with E-state index in [9.17, 15) is 9.90 Å². The molecular formula is C30H40N2O3. The number of carbonyl (C=O) groups is 1. The number of ether oxygens (including phenoxy) is 1. The molecule has 2 aromatic rings. The molecule has 188 valence electrons. The molecule has 1 amide bonds. The number of allylic oxidation sites excluding steroid dienone is 2. The molecule has 1 heterocycles. The van der Waals surface area contributed by atoms with Gasteiger partial charge < -0.3 is 15.6 Å². The van der Waals surface area contributed by atoms with Crippen molar-refractivity contribution in [2.75, 3.05) is 13.1 Å². The number of likely N-dealkylation sites (tertiary alicyclic amines) is 1. The molecule has 0 spiro atoms. The molecule has 2 aromatic carbocycles. The van der Waals surface area contributed by atoms with Crippen molar-refractivity contribution in [3.63, 3.8) is 0 Å². The van der Waals surface area contributed by atoms with Gasteiger partial charge in [-0.2, -0.15) is 0 Å². The van der Waals surface area contributed by atoms with Crippen LogP contribution in [0.4, 0.5) is 0 Å². The van der Waals surface area contributed by atoms with Crippen molar-refractivity contribution >= 4 is 5.91 Å². The molecule has 1 saturated heterocycles. The minimum atomic E-state index is -0.355. The Balaban J connectivity index is 1.38. The monoisotopic (exact) mass is 476 g/mol. The number of nitrogens with zero attached hydrogens (tertiary/aromatic N) is 1. The minimum Gasteiger partial charge on any atom is -0.391 e. The molecule has 3 N–H and O–H groups in total. The van der Waals surface area contributed by atoms with E-state index < -0.39 is 0 Å². The maximum absolute atomic E-state index is 11.0. The number of primary amides is 1. The van der Waals surface area contributed by atoms with Gasteiger partial charge in [0.1, 0.15) is 0 Å². The van der Waals surface area contributed by atoms with E-state index in [2.05, 4.69) is 65.6 Å². The number of amides is 1. The van der Waals surface area contributed by atoms with Crippen LogP contribution in [0.5, 0.6) is 0 Å². The van der Waals surface area contributed by atoms with Gasteiger partial charge in [-0.05, 0) is 61.9 Å². The lowest BCUT2D eigenvalue weighted by Crippen LogP contribution is -2.47. The lowest BCUT2D eigenvalue weighted by Gasteiger charge is -2.37. The maximum Gasteiger partial charge on any atom is 0.217 e. The minimum absolute atomic E-state index is 0.0287. The van der Waals surface area contributed by atoms with Crippen LogP contribution in [0.25, 0.3) is 11.1 Å². The first kappa shape index (κ1) is 25.6. The lowest BCUT2D eigenvalue weighted by molar-refractivity contribution is -0.118. The van der Waals surface area contributed by atoms with Crippen molar-refractivity contribution in [1.29, 1.82) is 0 Å². The third kappa shape index (κ3) is 7.26. The van der Waals surface area contributed by atoms with Gasteiger partial charge in [-0.3, -0.25) is 9.69 Å². The Labute approximate surface area is 210 Å². The molecule has 4 rings (SSSR count). The Bertz CT molecular complexity index is 938. The predicted octanol–water partition coefficient (Wildman–Crippen LogP) is 5.08. The number of aliphatic hydroxyl groups is 1. The highest BCUT2D eigenvalue weighted by Crippen LogP contribution is 2.37. The molecule has 1 aliphatic carbocycles. The highest BCUT2D eigenvalue weighted by atomic mass is 16.5. The number of piperidine rings is 1. The molecule has 4 atom stereocenters. The van der Waals surface area contributed by atoms with Crippen molar-refractivity contribution in [3.8, 4) is 11.1 Å². The number of nitrogens with two attached hydrogens (primary N) is 1. The first-order chi connectivity index (χ1) is 17.1. The van der Waals surface area contributed by atoms with E-state index in [-0.39, 0.29) is 30.1 Å². The summed E-state index contributed by atoms with van der Waals surface area (Å²) >= 11 is 0. The van der Waals surface area contributed by atoms with Gasteiger partial charge in [0.05, 0.1) is 18.8 Å². The molecule has 0 radical (unpaired) electrons.